The summed E-state index contributed by atoms with van der Waals surface area (Å²) in [6.45, 7) is 1.23. The van der Waals surface area contributed by atoms with Gasteiger partial charge in [-0.1, -0.05) is 60.7 Å². The molecule has 136 valence electrons. The lowest BCUT2D eigenvalue weighted by Crippen LogP contribution is -2.29. The van der Waals surface area contributed by atoms with E-state index in [4.69, 9.17) is 0 Å². The van der Waals surface area contributed by atoms with Crippen molar-refractivity contribution in [1.82, 2.24) is 9.80 Å². The molecule has 0 aromatic heterocycles. The number of nitrogens with zero attached hydrogens (tertiary/aromatic N) is 2. The molecule has 0 saturated heterocycles. The summed E-state index contributed by atoms with van der Waals surface area (Å²) in [6.07, 6.45) is 4.29. The van der Waals surface area contributed by atoms with Gasteiger partial charge in [0.15, 0.2) is 0 Å². The highest BCUT2D eigenvalue weighted by Gasteiger charge is 2.08. The fourth-order valence-electron chi connectivity index (χ4n) is 2.50. The second-order valence-corrected chi connectivity index (χ2v) is 6.32. The van der Waals surface area contributed by atoms with Gasteiger partial charge in [0, 0.05) is 39.3 Å². The lowest BCUT2D eigenvalue weighted by Gasteiger charge is -2.16. The molecule has 4 nitrogen and oxygen atoms in total. The molecule has 0 fully saturated rings. The number of benzene rings is 2. The van der Waals surface area contributed by atoms with Crippen molar-refractivity contribution in [2.75, 3.05) is 27.2 Å². The molecule has 0 heterocycles. The Kier molecular flexibility index (Phi) is 7.62. The molecule has 0 saturated carbocycles. The smallest absolute Gasteiger partial charge is 0.246 e. The quantitative estimate of drug-likeness (QED) is 0.687. The number of carbonyl (C=O) groups is 2. The number of hydrogen-bond donors (Lipinski definition) is 0. The molecule has 2 rings (SSSR count). The van der Waals surface area contributed by atoms with Gasteiger partial charge >= 0.3 is 0 Å². The number of hydrogen-bond acceptors (Lipinski definition) is 2. The van der Waals surface area contributed by atoms with Crippen molar-refractivity contribution in [1.29, 1.82) is 0 Å². The zero-order valence-electron chi connectivity index (χ0n) is 15.5. The summed E-state index contributed by atoms with van der Waals surface area (Å²) in [5.74, 6) is -0.323. The molecule has 0 unspecified atom stereocenters. The van der Waals surface area contributed by atoms with Gasteiger partial charge in [0.05, 0.1) is 0 Å². The van der Waals surface area contributed by atoms with Crippen LogP contribution in [0.1, 0.15) is 11.1 Å². The highest BCUT2D eigenvalue weighted by atomic mass is 16.2. The minimum atomic E-state index is -0.161. The van der Waals surface area contributed by atoms with Gasteiger partial charge in [-0.25, -0.2) is 0 Å². The van der Waals surface area contributed by atoms with E-state index in [9.17, 15) is 9.59 Å². The summed E-state index contributed by atoms with van der Waals surface area (Å²) < 4.78 is 0. The van der Waals surface area contributed by atoms with E-state index in [0.29, 0.717) is 13.1 Å². The van der Waals surface area contributed by atoms with Crippen LogP contribution in [0.15, 0.2) is 72.8 Å². The average molecular weight is 350 g/mol. The Balaban J connectivity index is 1.75. The summed E-state index contributed by atoms with van der Waals surface area (Å²) in [6, 6.07) is 20.1. The Labute approximate surface area is 155 Å². The summed E-state index contributed by atoms with van der Waals surface area (Å²) in [4.78, 5) is 27.5. The first kappa shape index (κ1) is 19.4. The number of likely N-dealkylation sites (N-methyl/N-ethyl adjacent to an activating group) is 2. The van der Waals surface area contributed by atoms with Crippen molar-refractivity contribution in [3.8, 4) is 0 Å². The van der Waals surface area contributed by atoms with Crippen molar-refractivity contribution < 1.29 is 9.59 Å². The number of carbonyl (C=O) groups excluding carboxylic acids is 2. The van der Waals surface area contributed by atoms with Crippen LogP contribution in [0.2, 0.25) is 0 Å². The maximum absolute atomic E-state index is 12.1. The van der Waals surface area contributed by atoms with Crippen molar-refractivity contribution in [3.05, 3.63) is 83.9 Å². The predicted molar refractivity (Wildman–Crippen MR) is 105 cm³/mol. The van der Waals surface area contributed by atoms with Gasteiger partial charge in [-0.15, -0.1) is 0 Å². The van der Waals surface area contributed by atoms with Crippen LogP contribution in [0.4, 0.5) is 0 Å². The van der Waals surface area contributed by atoms with Gasteiger partial charge in [0.2, 0.25) is 11.8 Å². The summed E-state index contributed by atoms with van der Waals surface area (Å²) in [5.41, 5.74) is 2.38. The van der Waals surface area contributed by atoms with Crippen molar-refractivity contribution in [2.24, 2.45) is 0 Å². The molecular formula is C22H26N2O2. The van der Waals surface area contributed by atoms with Gasteiger partial charge in [-0.2, -0.15) is 0 Å². The Morgan fingerprint density at radius 3 is 1.38 bits per heavy atom. The molecule has 0 aliphatic heterocycles. The molecule has 2 aromatic rings. The topological polar surface area (TPSA) is 40.6 Å². The fourth-order valence-corrected chi connectivity index (χ4v) is 2.50. The van der Waals surface area contributed by atoms with Gasteiger partial charge < -0.3 is 9.80 Å². The van der Waals surface area contributed by atoms with Gasteiger partial charge in [0.1, 0.15) is 0 Å². The normalized spacial score (nSPS) is 10.7. The first-order valence-corrected chi connectivity index (χ1v) is 8.82. The van der Waals surface area contributed by atoms with E-state index >= 15 is 0 Å². The zero-order valence-corrected chi connectivity index (χ0v) is 15.5. The molecule has 0 spiro atoms. The van der Waals surface area contributed by atoms with Crippen LogP contribution in [0.25, 0.3) is 0 Å². The monoisotopic (exact) mass is 350 g/mol. The third kappa shape index (κ3) is 6.55. The standard InChI is InChI=1S/C22H26N2O2/c1-23(17-15-19-9-5-3-6-10-19)21(25)13-14-22(26)24(2)18-16-20-11-7-4-8-12-20/h3-14H,15-18H2,1-2H3/b14-13+. The molecule has 4 heteroatoms. The molecule has 0 radical (unpaired) electrons. The van der Waals surface area contributed by atoms with Crippen LogP contribution < -0.4 is 0 Å². The van der Waals surface area contributed by atoms with Gasteiger partial charge in [-0.3, -0.25) is 9.59 Å². The highest BCUT2D eigenvalue weighted by molar-refractivity contribution is 5.96. The molecule has 2 amide bonds. The van der Waals surface area contributed by atoms with Crippen LogP contribution in [-0.2, 0) is 22.4 Å². The van der Waals surface area contributed by atoms with Crippen LogP contribution in [0.3, 0.4) is 0 Å². The van der Waals surface area contributed by atoms with Crippen molar-refractivity contribution in [3.63, 3.8) is 0 Å². The lowest BCUT2D eigenvalue weighted by atomic mass is 10.1. The third-order valence-electron chi connectivity index (χ3n) is 4.28. The summed E-state index contributed by atoms with van der Waals surface area (Å²) in [7, 11) is 3.50. The van der Waals surface area contributed by atoms with Crippen LogP contribution in [0, 0.1) is 0 Å². The van der Waals surface area contributed by atoms with Crippen molar-refractivity contribution >= 4 is 11.8 Å². The first-order valence-electron chi connectivity index (χ1n) is 8.82. The lowest BCUT2D eigenvalue weighted by molar-refractivity contribution is -0.127. The highest BCUT2D eigenvalue weighted by Crippen LogP contribution is 2.02. The maximum atomic E-state index is 12.1. The van der Waals surface area contributed by atoms with Crippen LogP contribution in [-0.4, -0.2) is 48.8 Å². The SMILES string of the molecule is CN(CCc1ccccc1)C(=O)/C=C/C(=O)N(C)CCc1ccccc1. The summed E-state index contributed by atoms with van der Waals surface area (Å²) in [5, 5.41) is 0. The Hall–Kier alpha value is -2.88. The first-order chi connectivity index (χ1) is 12.6. The second-order valence-electron chi connectivity index (χ2n) is 6.32. The Morgan fingerprint density at radius 1 is 0.692 bits per heavy atom. The molecule has 0 N–H and O–H groups in total. The minimum absolute atomic E-state index is 0.161. The summed E-state index contributed by atoms with van der Waals surface area (Å²) >= 11 is 0. The number of amides is 2. The largest absolute Gasteiger partial charge is 0.342 e. The van der Waals surface area contributed by atoms with E-state index in [1.54, 1.807) is 23.9 Å². The fraction of sp³-hybridized carbons (Fsp3) is 0.273. The molecule has 26 heavy (non-hydrogen) atoms. The predicted octanol–water partition coefficient (Wildman–Crippen LogP) is 2.94. The molecule has 0 aliphatic rings. The van der Waals surface area contributed by atoms with Crippen LogP contribution in [0.5, 0.6) is 0 Å². The minimum Gasteiger partial charge on any atom is -0.342 e. The molecule has 0 bridgehead atoms. The average Bonchev–Trinajstić information content (AvgIpc) is 2.69. The molecule has 0 aliphatic carbocycles. The van der Waals surface area contributed by atoms with Crippen LogP contribution >= 0.6 is 0 Å². The van der Waals surface area contributed by atoms with E-state index in [1.165, 1.54) is 23.3 Å². The number of rotatable bonds is 8. The maximum Gasteiger partial charge on any atom is 0.246 e. The molecular weight excluding hydrogens is 324 g/mol. The van der Waals surface area contributed by atoms with Gasteiger partial charge in [-0.05, 0) is 24.0 Å². The molecule has 0 atom stereocenters. The van der Waals surface area contributed by atoms with E-state index in [1.807, 2.05) is 60.7 Å². The van der Waals surface area contributed by atoms with E-state index in [-0.39, 0.29) is 11.8 Å². The molecule has 2 aromatic carbocycles. The van der Waals surface area contributed by atoms with Gasteiger partial charge in [0.25, 0.3) is 0 Å². The second kappa shape index (κ2) is 10.2. The third-order valence-corrected chi connectivity index (χ3v) is 4.28. The Bertz CT molecular complexity index is 663. The Morgan fingerprint density at radius 2 is 1.04 bits per heavy atom. The van der Waals surface area contributed by atoms with E-state index in [0.717, 1.165) is 12.8 Å². The van der Waals surface area contributed by atoms with E-state index in [2.05, 4.69) is 0 Å². The zero-order chi connectivity index (χ0) is 18.8. The van der Waals surface area contributed by atoms with Crippen molar-refractivity contribution in [2.45, 2.75) is 12.8 Å². The van der Waals surface area contributed by atoms with E-state index < -0.39 is 0 Å².